The molecule has 7 aromatic carbocycles. The number of benzene rings is 7. The summed E-state index contributed by atoms with van der Waals surface area (Å²) in [7, 11) is 0. The van der Waals surface area contributed by atoms with Gasteiger partial charge >= 0.3 is 0 Å². The molecule has 0 unspecified atom stereocenters. The predicted octanol–water partition coefficient (Wildman–Crippen LogP) is 13.4. The molecule has 3 nitrogen and oxygen atoms in total. The minimum atomic E-state index is 0.893. The highest BCUT2D eigenvalue weighted by Gasteiger charge is 2.17. The van der Waals surface area contributed by atoms with Crippen molar-refractivity contribution < 1.29 is 4.42 Å². The van der Waals surface area contributed by atoms with Crippen LogP contribution in [-0.4, -0.2) is 9.13 Å². The van der Waals surface area contributed by atoms with Crippen LogP contribution in [-0.2, 0) is 6.42 Å². The van der Waals surface area contributed by atoms with Gasteiger partial charge in [0.05, 0.1) is 22.1 Å². The van der Waals surface area contributed by atoms with Gasteiger partial charge in [-0.2, -0.15) is 0 Å². The van der Waals surface area contributed by atoms with Crippen LogP contribution in [0.1, 0.15) is 32.8 Å². The molecule has 0 saturated carbocycles. The molecule has 0 saturated heterocycles. The van der Waals surface area contributed by atoms with E-state index in [4.69, 9.17) is 4.42 Å². The van der Waals surface area contributed by atoms with Gasteiger partial charge in [-0.25, -0.2) is 0 Å². The maximum Gasteiger partial charge on any atom is 0.135 e. The largest absolute Gasteiger partial charge is 0.456 e. The summed E-state index contributed by atoms with van der Waals surface area (Å²) in [5, 5.41) is 7.31. The molecule has 0 aliphatic heterocycles. The van der Waals surface area contributed by atoms with Gasteiger partial charge in [-0.05, 0) is 95.9 Å². The number of furan rings is 1. The lowest BCUT2D eigenvalue weighted by Gasteiger charge is -2.09. The van der Waals surface area contributed by atoms with Crippen LogP contribution in [0.4, 0.5) is 0 Å². The van der Waals surface area contributed by atoms with E-state index in [2.05, 4.69) is 168 Å². The highest BCUT2D eigenvalue weighted by molar-refractivity contribution is 6.13. The summed E-state index contributed by atoms with van der Waals surface area (Å²) in [6.45, 7) is 6.24. The standard InChI is InChI=1S/C45H32N2O.C2H6/c1-2-10-29-17-21-42-36(25-29)34-13-6-8-15-40(34)46(42)32-19-23-44-38(27-32)39-28-33(20-24-45(39)48-44)47-41-16-9-7-14-35(41)37-26-31(18-22-43(37)47)30-11-4-3-5-12-30;1-2/h3-9,11-28H,2,10H2,1H3;1-2H3. The number of nitrogens with zero attached hydrogens (tertiary/aromatic N) is 2. The van der Waals surface area contributed by atoms with E-state index in [1.165, 1.54) is 60.3 Å². The fraction of sp³-hybridized carbons (Fsp3) is 0.106. The number of rotatable bonds is 5. The van der Waals surface area contributed by atoms with Gasteiger partial charge in [0, 0.05) is 43.7 Å². The average molecular weight is 647 g/mol. The first-order valence-electron chi connectivity index (χ1n) is 17.8. The Labute approximate surface area is 291 Å². The number of hydrogen-bond acceptors (Lipinski definition) is 1. The van der Waals surface area contributed by atoms with Crippen molar-refractivity contribution >= 4 is 65.6 Å². The summed E-state index contributed by atoms with van der Waals surface area (Å²) in [6, 6.07) is 55.1. The Morgan fingerprint density at radius 1 is 0.420 bits per heavy atom. The summed E-state index contributed by atoms with van der Waals surface area (Å²) in [5.74, 6) is 0. The van der Waals surface area contributed by atoms with Gasteiger partial charge in [-0.3, -0.25) is 0 Å². The topological polar surface area (TPSA) is 23.0 Å². The van der Waals surface area contributed by atoms with Gasteiger partial charge in [0.15, 0.2) is 0 Å². The van der Waals surface area contributed by atoms with E-state index in [9.17, 15) is 0 Å². The van der Waals surface area contributed by atoms with Crippen LogP contribution in [0.3, 0.4) is 0 Å². The van der Waals surface area contributed by atoms with E-state index in [1.54, 1.807) is 0 Å². The summed E-state index contributed by atoms with van der Waals surface area (Å²) in [6.07, 6.45) is 2.23. The van der Waals surface area contributed by atoms with Crippen LogP contribution in [0.15, 0.2) is 156 Å². The van der Waals surface area contributed by atoms with Gasteiger partial charge in [-0.15, -0.1) is 0 Å². The zero-order valence-electron chi connectivity index (χ0n) is 28.7. The average Bonchev–Trinajstić information content (AvgIpc) is 3.83. The van der Waals surface area contributed by atoms with Gasteiger partial charge in [0.2, 0.25) is 0 Å². The first kappa shape index (κ1) is 30.0. The molecular formula is C47H38N2O. The van der Waals surface area contributed by atoms with Crippen LogP contribution in [0, 0.1) is 0 Å². The van der Waals surface area contributed by atoms with Crippen LogP contribution in [0.25, 0.3) is 88.1 Å². The Bertz CT molecular complexity index is 2850. The third-order valence-corrected chi connectivity index (χ3v) is 10.0. The predicted molar refractivity (Wildman–Crippen MR) is 213 cm³/mol. The summed E-state index contributed by atoms with van der Waals surface area (Å²) >= 11 is 0. The maximum atomic E-state index is 6.44. The fourth-order valence-electron chi connectivity index (χ4n) is 7.84. The molecule has 10 rings (SSSR count). The molecule has 0 amide bonds. The van der Waals surface area contributed by atoms with Gasteiger partial charge in [-0.1, -0.05) is 106 Å². The van der Waals surface area contributed by atoms with E-state index < -0.39 is 0 Å². The maximum absolute atomic E-state index is 6.44. The van der Waals surface area contributed by atoms with Crippen molar-refractivity contribution in [2.75, 3.05) is 0 Å². The molecule has 10 aromatic rings. The first-order valence-corrected chi connectivity index (χ1v) is 17.8. The van der Waals surface area contributed by atoms with Crippen molar-refractivity contribution in [3.63, 3.8) is 0 Å². The quantitative estimate of drug-likeness (QED) is 0.182. The second-order valence-corrected chi connectivity index (χ2v) is 12.9. The monoisotopic (exact) mass is 646 g/mol. The third-order valence-electron chi connectivity index (χ3n) is 10.0. The van der Waals surface area contributed by atoms with Crippen molar-refractivity contribution in [1.82, 2.24) is 9.13 Å². The summed E-state index contributed by atoms with van der Waals surface area (Å²) in [5.41, 5.74) is 12.7. The molecule has 0 aliphatic carbocycles. The Hall–Kier alpha value is -6.06. The van der Waals surface area contributed by atoms with Gasteiger partial charge < -0.3 is 13.6 Å². The molecule has 0 N–H and O–H groups in total. The van der Waals surface area contributed by atoms with Crippen LogP contribution < -0.4 is 0 Å². The summed E-state index contributed by atoms with van der Waals surface area (Å²) in [4.78, 5) is 0. The summed E-state index contributed by atoms with van der Waals surface area (Å²) < 4.78 is 11.2. The molecule has 3 heterocycles. The van der Waals surface area contributed by atoms with Crippen molar-refractivity contribution in [1.29, 1.82) is 0 Å². The molecule has 3 heteroatoms. The van der Waals surface area contributed by atoms with Crippen molar-refractivity contribution in [3.05, 3.63) is 157 Å². The van der Waals surface area contributed by atoms with E-state index in [-0.39, 0.29) is 0 Å². The highest BCUT2D eigenvalue weighted by atomic mass is 16.3. The minimum Gasteiger partial charge on any atom is -0.456 e. The van der Waals surface area contributed by atoms with E-state index in [0.717, 1.165) is 46.2 Å². The van der Waals surface area contributed by atoms with Crippen molar-refractivity contribution in [2.24, 2.45) is 0 Å². The number of aromatic nitrogens is 2. The number of para-hydroxylation sites is 2. The van der Waals surface area contributed by atoms with Crippen LogP contribution in [0.5, 0.6) is 0 Å². The lowest BCUT2D eigenvalue weighted by molar-refractivity contribution is 0.669. The second kappa shape index (κ2) is 12.1. The van der Waals surface area contributed by atoms with E-state index in [1.807, 2.05) is 13.8 Å². The van der Waals surface area contributed by atoms with Crippen molar-refractivity contribution in [3.8, 4) is 22.5 Å². The normalized spacial score (nSPS) is 11.7. The third kappa shape index (κ3) is 4.65. The molecule has 0 spiro atoms. The molecule has 0 fully saturated rings. The lowest BCUT2D eigenvalue weighted by atomic mass is 10.0. The smallest absolute Gasteiger partial charge is 0.135 e. The molecule has 3 aromatic heterocycles. The Morgan fingerprint density at radius 2 is 0.940 bits per heavy atom. The zero-order chi connectivity index (χ0) is 33.8. The number of hydrogen-bond donors (Lipinski definition) is 0. The Morgan fingerprint density at radius 3 is 1.54 bits per heavy atom. The number of fused-ring (bicyclic) bond motifs is 9. The second-order valence-electron chi connectivity index (χ2n) is 12.9. The minimum absolute atomic E-state index is 0.893. The van der Waals surface area contributed by atoms with Crippen molar-refractivity contribution in [2.45, 2.75) is 33.6 Å². The molecule has 0 aliphatic rings. The van der Waals surface area contributed by atoms with Gasteiger partial charge in [0.25, 0.3) is 0 Å². The number of aryl methyl sites for hydroxylation is 1. The van der Waals surface area contributed by atoms with Crippen LogP contribution in [0.2, 0.25) is 0 Å². The molecule has 242 valence electrons. The van der Waals surface area contributed by atoms with Crippen LogP contribution >= 0.6 is 0 Å². The molecule has 50 heavy (non-hydrogen) atoms. The SMILES string of the molecule is CC.CCCc1ccc2c(c1)c1ccccc1n2-c1ccc2oc3ccc(-n4c5ccccc5c5cc(-c6ccccc6)ccc54)cc3c2c1. The lowest BCUT2D eigenvalue weighted by Crippen LogP contribution is -1.94. The molecule has 0 bridgehead atoms. The Balaban J connectivity index is 0.00000165. The van der Waals surface area contributed by atoms with Gasteiger partial charge in [0.1, 0.15) is 11.2 Å². The molecule has 0 atom stereocenters. The van der Waals surface area contributed by atoms with E-state index in [0.29, 0.717) is 0 Å². The van der Waals surface area contributed by atoms with E-state index >= 15 is 0 Å². The fourth-order valence-corrected chi connectivity index (χ4v) is 7.84. The highest BCUT2D eigenvalue weighted by Crippen LogP contribution is 2.39. The molecular weight excluding hydrogens is 609 g/mol. The zero-order valence-corrected chi connectivity index (χ0v) is 28.7. The molecule has 0 radical (unpaired) electrons. The Kier molecular flexibility index (Phi) is 7.28. The first-order chi connectivity index (χ1) is 24.7.